The van der Waals surface area contributed by atoms with E-state index in [9.17, 15) is 9.59 Å². The summed E-state index contributed by atoms with van der Waals surface area (Å²) in [5.41, 5.74) is 3.66. The van der Waals surface area contributed by atoms with E-state index in [2.05, 4.69) is 4.98 Å². The van der Waals surface area contributed by atoms with Crippen LogP contribution in [-0.4, -0.2) is 36.5 Å². The lowest BCUT2D eigenvalue weighted by molar-refractivity contribution is -0.674. The van der Waals surface area contributed by atoms with Gasteiger partial charge in [-0.1, -0.05) is 17.7 Å². The average molecular weight is 413 g/mol. The van der Waals surface area contributed by atoms with Gasteiger partial charge in [0, 0.05) is 28.5 Å². The summed E-state index contributed by atoms with van der Waals surface area (Å²) in [5.74, 6) is 0.440. The van der Waals surface area contributed by atoms with Crippen molar-refractivity contribution in [3.8, 4) is 5.75 Å². The number of benzene rings is 2. The summed E-state index contributed by atoms with van der Waals surface area (Å²) < 4.78 is 5.31. The molecule has 7 heteroatoms. The highest BCUT2D eigenvalue weighted by molar-refractivity contribution is 6.32. The second-order valence-corrected chi connectivity index (χ2v) is 7.72. The van der Waals surface area contributed by atoms with Gasteiger partial charge in [-0.25, -0.2) is 4.90 Å². The van der Waals surface area contributed by atoms with Crippen LogP contribution >= 0.6 is 11.6 Å². The second kappa shape index (κ2) is 7.89. The number of hydrogen-bond donors (Lipinski definition) is 2. The monoisotopic (exact) mass is 412 g/mol. The summed E-state index contributed by atoms with van der Waals surface area (Å²) in [4.78, 5) is 29.8. The number of aryl methyl sites for hydroxylation is 1. The molecule has 150 valence electrons. The predicted octanol–water partition coefficient (Wildman–Crippen LogP) is 2.58. The van der Waals surface area contributed by atoms with Gasteiger partial charge in [0.05, 0.1) is 25.8 Å². The number of ether oxygens (including phenoxy) is 1. The summed E-state index contributed by atoms with van der Waals surface area (Å²) in [6.45, 7) is 2.59. The van der Waals surface area contributed by atoms with Crippen molar-refractivity contribution < 1.29 is 19.6 Å². The highest BCUT2D eigenvalue weighted by atomic mass is 35.5. The number of H-pyrrole nitrogens is 1. The van der Waals surface area contributed by atoms with Gasteiger partial charge in [-0.05, 0) is 48.4 Å². The SMILES string of the molecule is COc1ccc2[nH]cc(CC[NH2+][C@@H]3CC(=O)N(c4ccc(C)c(Cl)c4)C3=O)c2c1. The third-order valence-corrected chi connectivity index (χ3v) is 5.84. The number of imide groups is 1. The van der Waals surface area contributed by atoms with Gasteiger partial charge >= 0.3 is 0 Å². The van der Waals surface area contributed by atoms with E-state index in [4.69, 9.17) is 16.3 Å². The minimum atomic E-state index is -0.401. The molecule has 0 unspecified atom stereocenters. The van der Waals surface area contributed by atoms with Crippen molar-refractivity contribution >= 4 is 40.0 Å². The molecule has 6 nitrogen and oxygen atoms in total. The van der Waals surface area contributed by atoms with E-state index in [1.165, 1.54) is 4.90 Å². The van der Waals surface area contributed by atoms with Crippen molar-refractivity contribution in [2.75, 3.05) is 18.6 Å². The van der Waals surface area contributed by atoms with Gasteiger partial charge < -0.3 is 15.0 Å². The Bertz CT molecular complexity index is 1090. The summed E-state index contributed by atoms with van der Waals surface area (Å²) >= 11 is 6.17. The summed E-state index contributed by atoms with van der Waals surface area (Å²) in [6.07, 6.45) is 2.97. The molecule has 0 spiro atoms. The number of nitrogens with zero attached hydrogens (tertiary/aromatic N) is 1. The molecule has 4 rings (SSSR count). The minimum Gasteiger partial charge on any atom is -0.497 e. The predicted molar refractivity (Wildman–Crippen MR) is 112 cm³/mol. The van der Waals surface area contributed by atoms with E-state index >= 15 is 0 Å². The van der Waals surface area contributed by atoms with Crippen molar-refractivity contribution in [3.63, 3.8) is 0 Å². The van der Waals surface area contributed by atoms with Crippen LogP contribution in [0.2, 0.25) is 5.02 Å². The summed E-state index contributed by atoms with van der Waals surface area (Å²) in [7, 11) is 1.65. The van der Waals surface area contributed by atoms with Crippen LogP contribution in [0.1, 0.15) is 17.5 Å². The molecule has 1 aliphatic rings. The Morgan fingerprint density at radius 3 is 2.83 bits per heavy atom. The Morgan fingerprint density at radius 2 is 2.07 bits per heavy atom. The van der Waals surface area contributed by atoms with E-state index < -0.39 is 6.04 Å². The van der Waals surface area contributed by atoms with Crippen LogP contribution < -0.4 is 15.0 Å². The Balaban J connectivity index is 1.42. The fourth-order valence-electron chi connectivity index (χ4n) is 3.76. The number of quaternary nitrogens is 1. The Labute approximate surface area is 173 Å². The van der Waals surface area contributed by atoms with E-state index in [0.29, 0.717) is 17.3 Å². The van der Waals surface area contributed by atoms with Crippen molar-refractivity contribution in [3.05, 3.63) is 58.7 Å². The summed E-state index contributed by atoms with van der Waals surface area (Å²) in [6, 6.07) is 10.8. The Morgan fingerprint density at radius 1 is 1.24 bits per heavy atom. The van der Waals surface area contributed by atoms with Crippen molar-refractivity contribution in [1.82, 2.24) is 4.98 Å². The van der Waals surface area contributed by atoms with Crippen LogP contribution in [0.4, 0.5) is 5.69 Å². The van der Waals surface area contributed by atoms with Gasteiger partial charge in [-0.2, -0.15) is 0 Å². The number of halogens is 1. The lowest BCUT2D eigenvalue weighted by atomic mass is 10.1. The molecule has 3 N–H and O–H groups in total. The van der Waals surface area contributed by atoms with E-state index in [1.54, 1.807) is 19.2 Å². The lowest BCUT2D eigenvalue weighted by Crippen LogP contribution is -2.92. The molecular weight excluding hydrogens is 390 g/mol. The second-order valence-electron chi connectivity index (χ2n) is 7.31. The van der Waals surface area contributed by atoms with Gasteiger partial charge in [0.25, 0.3) is 5.91 Å². The van der Waals surface area contributed by atoms with E-state index in [-0.39, 0.29) is 18.2 Å². The van der Waals surface area contributed by atoms with Crippen molar-refractivity contribution in [2.24, 2.45) is 0 Å². The third kappa shape index (κ3) is 3.73. The number of anilines is 1. The number of rotatable bonds is 6. The average Bonchev–Trinajstić information content (AvgIpc) is 3.24. The number of nitrogens with two attached hydrogens (primary N) is 1. The van der Waals surface area contributed by atoms with E-state index in [0.717, 1.165) is 34.2 Å². The maximum Gasteiger partial charge on any atom is 0.292 e. The molecular formula is C22H23ClN3O3+. The first-order valence-electron chi connectivity index (χ1n) is 9.58. The quantitative estimate of drug-likeness (QED) is 0.611. The molecule has 1 fully saturated rings. The summed E-state index contributed by atoms with van der Waals surface area (Å²) in [5, 5.41) is 3.61. The van der Waals surface area contributed by atoms with Crippen LogP contribution in [0.15, 0.2) is 42.6 Å². The van der Waals surface area contributed by atoms with Crippen LogP contribution in [0.3, 0.4) is 0 Å². The smallest absolute Gasteiger partial charge is 0.292 e. The normalized spacial score (nSPS) is 16.8. The topological polar surface area (TPSA) is 79.0 Å². The molecule has 0 radical (unpaired) electrons. The van der Waals surface area contributed by atoms with Gasteiger partial charge in [0.15, 0.2) is 6.04 Å². The number of carbonyl (C=O) groups excluding carboxylic acids is 2. The number of methoxy groups -OCH3 is 1. The Hall–Kier alpha value is -2.83. The number of hydrogen-bond acceptors (Lipinski definition) is 3. The number of fused-ring (bicyclic) bond motifs is 1. The largest absolute Gasteiger partial charge is 0.497 e. The first kappa shape index (κ1) is 19.5. The molecule has 0 aliphatic carbocycles. The first-order valence-corrected chi connectivity index (χ1v) is 9.96. The van der Waals surface area contributed by atoms with Gasteiger partial charge in [-0.3, -0.25) is 9.59 Å². The fraction of sp³-hybridized carbons (Fsp3) is 0.273. The van der Waals surface area contributed by atoms with Crippen LogP contribution in [0.5, 0.6) is 5.75 Å². The van der Waals surface area contributed by atoms with Crippen molar-refractivity contribution in [1.29, 1.82) is 0 Å². The molecule has 2 aromatic carbocycles. The number of aromatic nitrogens is 1. The Kier molecular flexibility index (Phi) is 5.30. The first-order chi connectivity index (χ1) is 14.0. The molecule has 1 aliphatic heterocycles. The molecule has 1 atom stereocenters. The number of aromatic amines is 1. The zero-order valence-electron chi connectivity index (χ0n) is 16.4. The fourth-order valence-corrected chi connectivity index (χ4v) is 3.94. The molecule has 3 aromatic rings. The molecule has 1 aromatic heterocycles. The van der Waals surface area contributed by atoms with E-state index in [1.807, 2.05) is 42.7 Å². The van der Waals surface area contributed by atoms with Gasteiger partial charge in [0.1, 0.15) is 5.75 Å². The number of nitrogens with one attached hydrogen (secondary N) is 1. The highest BCUT2D eigenvalue weighted by Gasteiger charge is 2.42. The van der Waals surface area contributed by atoms with Crippen LogP contribution in [0.25, 0.3) is 10.9 Å². The molecule has 2 amide bonds. The molecule has 1 saturated heterocycles. The highest BCUT2D eigenvalue weighted by Crippen LogP contribution is 2.27. The van der Waals surface area contributed by atoms with Gasteiger partial charge in [-0.15, -0.1) is 0 Å². The van der Waals surface area contributed by atoms with Crippen molar-refractivity contribution in [2.45, 2.75) is 25.8 Å². The zero-order chi connectivity index (χ0) is 20.5. The van der Waals surface area contributed by atoms with Crippen LogP contribution in [0, 0.1) is 6.92 Å². The van der Waals surface area contributed by atoms with Crippen LogP contribution in [-0.2, 0) is 16.0 Å². The molecule has 0 saturated carbocycles. The third-order valence-electron chi connectivity index (χ3n) is 5.43. The standard InChI is InChI=1S/C22H22ClN3O3/c1-13-3-4-15(9-18(13)23)26-21(27)11-20(22(26)28)24-8-7-14-12-25-19-6-5-16(29-2)10-17(14)19/h3-6,9-10,12,20,24-25H,7-8,11H2,1-2H3/p+1/t20-/m1/s1. The minimum absolute atomic E-state index is 0.185. The zero-order valence-corrected chi connectivity index (χ0v) is 17.1. The number of amides is 2. The number of carbonyl (C=O) groups is 2. The molecule has 29 heavy (non-hydrogen) atoms. The maximum absolute atomic E-state index is 12.8. The van der Waals surface area contributed by atoms with Gasteiger partial charge in [0.2, 0.25) is 5.91 Å². The molecule has 2 heterocycles. The molecule has 0 bridgehead atoms. The lowest BCUT2D eigenvalue weighted by Gasteiger charge is -2.15. The maximum atomic E-state index is 12.8.